The summed E-state index contributed by atoms with van der Waals surface area (Å²) in [6.45, 7) is 0.709. The molecule has 0 unspecified atom stereocenters. The van der Waals surface area contributed by atoms with Crippen LogP contribution in [0.1, 0.15) is 16.9 Å². The minimum atomic E-state index is -3.55. The highest BCUT2D eigenvalue weighted by Crippen LogP contribution is 2.27. The molecule has 0 bridgehead atoms. The van der Waals surface area contributed by atoms with E-state index in [1.807, 2.05) is 18.2 Å². The first kappa shape index (κ1) is 19.2. The molecule has 2 heterocycles. The summed E-state index contributed by atoms with van der Waals surface area (Å²) < 4.78 is 32.4. The van der Waals surface area contributed by atoms with E-state index < -0.39 is 10.0 Å². The number of nitrogens with zero attached hydrogens (tertiary/aromatic N) is 1. The molecule has 1 aliphatic heterocycles. The van der Waals surface area contributed by atoms with E-state index >= 15 is 0 Å². The van der Waals surface area contributed by atoms with Gasteiger partial charge in [-0.3, -0.25) is 4.79 Å². The highest BCUT2D eigenvalue weighted by molar-refractivity contribution is 7.89. The Labute approximate surface area is 169 Å². The van der Waals surface area contributed by atoms with Crippen molar-refractivity contribution in [3.8, 4) is 0 Å². The highest BCUT2D eigenvalue weighted by Gasteiger charge is 2.28. The van der Waals surface area contributed by atoms with Gasteiger partial charge in [0.25, 0.3) is 0 Å². The van der Waals surface area contributed by atoms with Crippen LogP contribution in [0.3, 0.4) is 0 Å². The fraction of sp³-hybridized carbons (Fsp3) is 0.136. The maximum atomic E-state index is 12.9. The summed E-state index contributed by atoms with van der Waals surface area (Å²) in [6.07, 6.45) is 5.15. The fourth-order valence-electron chi connectivity index (χ4n) is 3.28. The Hall–Kier alpha value is -3.16. The molecule has 0 atom stereocenters. The maximum Gasteiger partial charge on any atom is 0.248 e. The van der Waals surface area contributed by atoms with Crippen molar-refractivity contribution in [2.45, 2.75) is 17.9 Å². The predicted molar refractivity (Wildman–Crippen MR) is 111 cm³/mol. The number of carbonyl (C=O) groups is 1. The molecule has 0 fully saturated rings. The van der Waals surface area contributed by atoms with Gasteiger partial charge in [0.2, 0.25) is 15.9 Å². The molecule has 2 aromatic carbocycles. The number of carbonyl (C=O) groups excluding carboxylic acids is 1. The van der Waals surface area contributed by atoms with Crippen molar-refractivity contribution in [3.63, 3.8) is 0 Å². The van der Waals surface area contributed by atoms with Gasteiger partial charge >= 0.3 is 0 Å². The molecule has 148 valence electrons. The van der Waals surface area contributed by atoms with E-state index in [2.05, 4.69) is 5.32 Å². The first-order valence-electron chi connectivity index (χ1n) is 9.22. The van der Waals surface area contributed by atoms with Crippen LogP contribution in [0.2, 0.25) is 0 Å². The van der Waals surface area contributed by atoms with Gasteiger partial charge in [-0.15, -0.1) is 0 Å². The van der Waals surface area contributed by atoms with Crippen molar-refractivity contribution in [1.29, 1.82) is 0 Å². The molecule has 4 rings (SSSR count). The molecule has 3 aromatic rings. The molecule has 0 saturated carbocycles. The molecule has 0 radical (unpaired) electrons. The monoisotopic (exact) mass is 408 g/mol. The lowest BCUT2D eigenvalue weighted by molar-refractivity contribution is -0.111. The molecule has 29 heavy (non-hydrogen) atoms. The second-order valence-corrected chi connectivity index (χ2v) is 8.66. The molecule has 1 aromatic heterocycles. The van der Waals surface area contributed by atoms with Crippen molar-refractivity contribution in [2.24, 2.45) is 0 Å². The summed E-state index contributed by atoms with van der Waals surface area (Å²) in [5.74, 6) is 0.304. The Morgan fingerprint density at radius 3 is 2.62 bits per heavy atom. The fourth-order valence-corrected chi connectivity index (χ4v) is 4.72. The molecule has 0 saturated heterocycles. The molecule has 1 aliphatic rings. The van der Waals surface area contributed by atoms with Crippen LogP contribution in [0.4, 0.5) is 5.69 Å². The summed E-state index contributed by atoms with van der Waals surface area (Å²) in [6, 6.07) is 17.5. The Morgan fingerprint density at radius 1 is 1.03 bits per heavy atom. The summed E-state index contributed by atoms with van der Waals surface area (Å²) >= 11 is 0. The van der Waals surface area contributed by atoms with E-state index in [1.54, 1.807) is 48.5 Å². The van der Waals surface area contributed by atoms with Crippen LogP contribution in [0.25, 0.3) is 6.08 Å². The number of hydrogen-bond acceptors (Lipinski definition) is 4. The first-order valence-corrected chi connectivity index (χ1v) is 10.7. The zero-order valence-corrected chi connectivity index (χ0v) is 16.4. The first-order chi connectivity index (χ1) is 14.0. The summed E-state index contributed by atoms with van der Waals surface area (Å²) in [7, 11) is -3.55. The third-order valence-electron chi connectivity index (χ3n) is 4.77. The standard InChI is InChI=1S/C22H20N2O4S/c25-22(11-10-20-5-4-14-28-20)23-19-9-8-17-12-13-24(16-18(17)15-19)29(26,27)21-6-2-1-3-7-21/h1-11,14-15H,12-13,16H2,(H,23,25)/b11-10+. The van der Waals surface area contributed by atoms with Gasteiger partial charge < -0.3 is 9.73 Å². The Bertz CT molecular complexity index is 1140. The lowest BCUT2D eigenvalue weighted by Crippen LogP contribution is -2.36. The molecular formula is C22H20N2O4S. The van der Waals surface area contributed by atoms with E-state index in [1.165, 1.54) is 16.6 Å². The number of nitrogens with one attached hydrogen (secondary N) is 1. The van der Waals surface area contributed by atoms with Crippen molar-refractivity contribution >= 4 is 27.7 Å². The van der Waals surface area contributed by atoms with Gasteiger partial charge in [0.05, 0.1) is 11.2 Å². The molecule has 0 spiro atoms. The average Bonchev–Trinajstić information content (AvgIpc) is 3.26. The van der Waals surface area contributed by atoms with Crippen molar-refractivity contribution < 1.29 is 17.6 Å². The Balaban J connectivity index is 1.49. The average molecular weight is 408 g/mol. The number of benzene rings is 2. The van der Waals surface area contributed by atoms with Gasteiger partial charge in [-0.1, -0.05) is 24.3 Å². The van der Waals surface area contributed by atoms with Crippen LogP contribution in [-0.2, 0) is 27.8 Å². The number of rotatable bonds is 5. The topological polar surface area (TPSA) is 79.6 Å². The van der Waals surface area contributed by atoms with Gasteiger partial charge in [-0.2, -0.15) is 4.31 Å². The van der Waals surface area contributed by atoms with Gasteiger partial charge in [-0.25, -0.2) is 8.42 Å². The third kappa shape index (κ3) is 4.31. The smallest absolute Gasteiger partial charge is 0.248 e. The van der Waals surface area contributed by atoms with E-state index in [9.17, 15) is 13.2 Å². The van der Waals surface area contributed by atoms with Crippen LogP contribution in [-0.4, -0.2) is 25.2 Å². The van der Waals surface area contributed by atoms with E-state index in [0.29, 0.717) is 24.4 Å². The maximum absolute atomic E-state index is 12.9. The molecular weight excluding hydrogens is 388 g/mol. The van der Waals surface area contributed by atoms with Crippen LogP contribution < -0.4 is 5.32 Å². The largest absolute Gasteiger partial charge is 0.465 e. The number of furan rings is 1. The lowest BCUT2D eigenvalue weighted by Gasteiger charge is -2.28. The molecule has 6 nitrogen and oxygen atoms in total. The van der Waals surface area contributed by atoms with E-state index in [0.717, 1.165) is 11.1 Å². The predicted octanol–water partition coefficient (Wildman–Crippen LogP) is 3.68. The second-order valence-electron chi connectivity index (χ2n) is 6.72. The van der Waals surface area contributed by atoms with Crippen molar-refractivity contribution in [2.75, 3.05) is 11.9 Å². The van der Waals surface area contributed by atoms with Gasteiger partial charge in [0.15, 0.2) is 0 Å². The Kier molecular flexibility index (Phi) is 5.33. The van der Waals surface area contributed by atoms with Crippen LogP contribution in [0, 0.1) is 0 Å². The quantitative estimate of drug-likeness (QED) is 0.653. The summed E-state index contributed by atoms with van der Waals surface area (Å²) in [4.78, 5) is 12.4. The van der Waals surface area contributed by atoms with Gasteiger partial charge in [-0.05, 0) is 60.0 Å². The van der Waals surface area contributed by atoms with Crippen LogP contribution >= 0.6 is 0 Å². The number of amides is 1. The number of sulfonamides is 1. The summed E-state index contributed by atoms with van der Waals surface area (Å²) in [5, 5.41) is 2.80. The lowest BCUT2D eigenvalue weighted by atomic mass is 10.0. The second kappa shape index (κ2) is 8.06. The van der Waals surface area contributed by atoms with Gasteiger partial charge in [0.1, 0.15) is 5.76 Å². The van der Waals surface area contributed by atoms with Crippen molar-refractivity contribution in [3.05, 3.63) is 89.9 Å². The highest BCUT2D eigenvalue weighted by atomic mass is 32.2. The zero-order chi connectivity index (χ0) is 20.3. The third-order valence-corrected chi connectivity index (χ3v) is 6.63. The van der Waals surface area contributed by atoms with Crippen LogP contribution in [0.15, 0.2) is 82.3 Å². The number of hydrogen-bond donors (Lipinski definition) is 1. The van der Waals surface area contributed by atoms with Gasteiger partial charge in [0, 0.05) is 24.9 Å². The Morgan fingerprint density at radius 2 is 1.86 bits per heavy atom. The van der Waals surface area contributed by atoms with Crippen molar-refractivity contribution in [1.82, 2.24) is 4.31 Å². The minimum absolute atomic E-state index is 0.276. The normalized spacial score (nSPS) is 14.6. The zero-order valence-electron chi connectivity index (χ0n) is 15.6. The number of anilines is 1. The minimum Gasteiger partial charge on any atom is -0.465 e. The van der Waals surface area contributed by atoms with E-state index in [-0.39, 0.29) is 17.3 Å². The molecule has 0 aliphatic carbocycles. The number of fused-ring (bicyclic) bond motifs is 1. The van der Waals surface area contributed by atoms with E-state index in [4.69, 9.17) is 4.42 Å². The SMILES string of the molecule is O=C(/C=C/c1ccco1)Nc1ccc2c(c1)CN(S(=O)(=O)c1ccccc1)CC2. The summed E-state index contributed by atoms with van der Waals surface area (Å²) in [5.41, 5.74) is 2.61. The molecule has 7 heteroatoms. The van der Waals surface area contributed by atoms with Crippen LogP contribution in [0.5, 0.6) is 0 Å². The molecule has 1 N–H and O–H groups in total. The molecule has 1 amide bonds.